The van der Waals surface area contributed by atoms with E-state index in [0.717, 1.165) is 11.5 Å². The van der Waals surface area contributed by atoms with Gasteiger partial charge in [0.2, 0.25) is 0 Å². The Morgan fingerprint density at radius 1 is 1.62 bits per heavy atom. The van der Waals surface area contributed by atoms with Crippen molar-refractivity contribution >= 4 is 11.5 Å². The summed E-state index contributed by atoms with van der Waals surface area (Å²) in [7, 11) is 0. The number of aromatic nitrogens is 2. The maximum Gasteiger partial charge on any atom is 0.283 e. The number of halogens is 2. The minimum absolute atomic E-state index is 0.241. The third-order valence-electron chi connectivity index (χ3n) is 0.600. The second kappa shape index (κ2) is 2.13. The van der Waals surface area contributed by atoms with Crippen LogP contribution in [0, 0.1) is 0 Å². The highest BCUT2D eigenvalue weighted by Crippen LogP contribution is 2.15. The average Bonchev–Trinajstić information content (AvgIpc) is 2.12. The van der Waals surface area contributed by atoms with E-state index in [1.54, 1.807) is 0 Å². The maximum atomic E-state index is 11.5. The number of rotatable bonds is 1. The van der Waals surface area contributed by atoms with E-state index < -0.39 is 6.43 Å². The van der Waals surface area contributed by atoms with Crippen LogP contribution in [0.2, 0.25) is 0 Å². The molecule has 0 N–H and O–H groups in total. The van der Waals surface area contributed by atoms with Gasteiger partial charge in [-0.1, -0.05) is 4.49 Å². The molecule has 0 aromatic carbocycles. The zero-order chi connectivity index (χ0) is 5.98. The van der Waals surface area contributed by atoms with Crippen LogP contribution < -0.4 is 0 Å². The quantitative estimate of drug-likeness (QED) is 0.584. The first-order valence-corrected chi connectivity index (χ1v) is 2.69. The van der Waals surface area contributed by atoms with Crippen molar-refractivity contribution in [2.45, 2.75) is 6.43 Å². The van der Waals surface area contributed by atoms with Gasteiger partial charge in [-0.3, -0.25) is 0 Å². The van der Waals surface area contributed by atoms with Crippen molar-refractivity contribution in [3.05, 3.63) is 11.1 Å². The summed E-state index contributed by atoms with van der Waals surface area (Å²) in [6.45, 7) is 0. The largest absolute Gasteiger partial charge is 0.283 e. The molecule has 0 radical (unpaired) electrons. The van der Waals surface area contributed by atoms with E-state index in [9.17, 15) is 8.78 Å². The van der Waals surface area contributed by atoms with Gasteiger partial charge in [-0.05, 0) is 11.5 Å². The lowest BCUT2D eigenvalue weighted by atomic mass is 10.5. The second-order valence-corrected chi connectivity index (χ2v) is 1.74. The molecule has 5 heteroatoms. The summed E-state index contributed by atoms with van der Waals surface area (Å²) < 4.78 is 26.3. The van der Waals surface area contributed by atoms with E-state index in [0.29, 0.717) is 0 Å². The molecule has 8 heavy (non-hydrogen) atoms. The van der Waals surface area contributed by atoms with Gasteiger partial charge in [0.1, 0.15) is 5.69 Å². The van der Waals surface area contributed by atoms with Gasteiger partial charge in [-0.25, -0.2) is 8.78 Å². The SMILES string of the molecule is FC(F)c1csnn1. The first kappa shape index (κ1) is 5.55. The van der Waals surface area contributed by atoms with Gasteiger partial charge < -0.3 is 0 Å². The normalized spacial score (nSPS) is 10.4. The molecule has 0 aliphatic heterocycles. The fourth-order valence-corrected chi connectivity index (χ4v) is 0.713. The molecule has 0 spiro atoms. The van der Waals surface area contributed by atoms with Crippen LogP contribution in [0.5, 0.6) is 0 Å². The van der Waals surface area contributed by atoms with Crippen molar-refractivity contribution in [3.63, 3.8) is 0 Å². The molecule has 0 bridgehead atoms. The van der Waals surface area contributed by atoms with Gasteiger partial charge in [0, 0.05) is 5.38 Å². The molecule has 2 nitrogen and oxygen atoms in total. The average molecular weight is 136 g/mol. The van der Waals surface area contributed by atoms with Crippen molar-refractivity contribution in [2.75, 3.05) is 0 Å². The van der Waals surface area contributed by atoms with Gasteiger partial charge >= 0.3 is 0 Å². The van der Waals surface area contributed by atoms with Crippen LogP contribution in [0.3, 0.4) is 0 Å². The lowest BCUT2D eigenvalue weighted by Crippen LogP contribution is -1.81. The highest BCUT2D eigenvalue weighted by Gasteiger charge is 2.07. The Balaban J connectivity index is 2.77. The Kier molecular flexibility index (Phi) is 1.48. The van der Waals surface area contributed by atoms with Gasteiger partial charge in [-0.2, -0.15) is 0 Å². The van der Waals surface area contributed by atoms with E-state index in [1.165, 1.54) is 5.38 Å². The first-order chi connectivity index (χ1) is 3.80. The van der Waals surface area contributed by atoms with Crippen LogP contribution >= 0.6 is 11.5 Å². The zero-order valence-corrected chi connectivity index (χ0v) is 4.53. The zero-order valence-electron chi connectivity index (χ0n) is 3.71. The molecule has 0 amide bonds. The van der Waals surface area contributed by atoms with Crippen LogP contribution in [-0.4, -0.2) is 9.59 Å². The third kappa shape index (κ3) is 0.975. The number of hydrogen-bond donors (Lipinski definition) is 0. The van der Waals surface area contributed by atoms with Crippen LogP contribution in [0.4, 0.5) is 8.78 Å². The molecule has 0 fully saturated rings. The highest BCUT2D eigenvalue weighted by atomic mass is 32.1. The molecule has 0 aliphatic rings. The number of alkyl halides is 2. The molecule has 44 valence electrons. The minimum atomic E-state index is -2.48. The molecule has 0 saturated heterocycles. The summed E-state index contributed by atoms with van der Waals surface area (Å²) in [5.74, 6) is 0. The summed E-state index contributed by atoms with van der Waals surface area (Å²) in [6.07, 6.45) is -2.48. The van der Waals surface area contributed by atoms with Crippen molar-refractivity contribution < 1.29 is 8.78 Å². The monoisotopic (exact) mass is 136 g/mol. The summed E-state index contributed by atoms with van der Waals surface area (Å²) in [4.78, 5) is 0. The predicted octanol–water partition coefficient (Wildman–Crippen LogP) is 1.48. The Labute approximate surface area is 48.3 Å². The van der Waals surface area contributed by atoms with Crippen molar-refractivity contribution in [2.24, 2.45) is 0 Å². The van der Waals surface area contributed by atoms with Gasteiger partial charge in [-0.15, -0.1) is 5.10 Å². The van der Waals surface area contributed by atoms with Gasteiger partial charge in [0.05, 0.1) is 0 Å². The van der Waals surface area contributed by atoms with E-state index in [-0.39, 0.29) is 5.69 Å². The van der Waals surface area contributed by atoms with E-state index >= 15 is 0 Å². The molecular formula is C3H2F2N2S. The number of hydrogen-bond acceptors (Lipinski definition) is 3. The standard InChI is InChI=1S/C3H2F2N2S/c4-3(5)2-1-8-7-6-2/h1,3H. The Morgan fingerprint density at radius 3 is 2.62 bits per heavy atom. The molecule has 0 atom stereocenters. The lowest BCUT2D eigenvalue weighted by Gasteiger charge is -1.84. The molecular weight excluding hydrogens is 134 g/mol. The van der Waals surface area contributed by atoms with Gasteiger partial charge in [0.25, 0.3) is 6.43 Å². The minimum Gasteiger partial charge on any atom is -0.203 e. The van der Waals surface area contributed by atoms with Crippen molar-refractivity contribution in [3.8, 4) is 0 Å². The van der Waals surface area contributed by atoms with Crippen LogP contribution in [0.25, 0.3) is 0 Å². The molecule has 1 aromatic heterocycles. The van der Waals surface area contributed by atoms with Crippen molar-refractivity contribution in [1.29, 1.82) is 0 Å². The third-order valence-corrected chi connectivity index (χ3v) is 1.12. The topological polar surface area (TPSA) is 25.8 Å². The highest BCUT2D eigenvalue weighted by molar-refractivity contribution is 7.03. The van der Waals surface area contributed by atoms with E-state index in [4.69, 9.17) is 0 Å². The lowest BCUT2D eigenvalue weighted by molar-refractivity contribution is 0.146. The van der Waals surface area contributed by atoms with E-state index in [2.05, 4.69) is 9.59 Å². The van der Waals surface area contributed by atoms with Gasteiger partial charge in [0.15, 0.2) is 0 Å². The molecule has 0 unspecified atom stereocenters. The number of nitrogens with zero attached hydrogens (tertiary/aromatic N) is 2. The summed E-state index contributed by atoms with van der Waals surface area (Å²) in [5.41, 5.74) is -0.241. The fraction of sp³-hybridized carbons (Fsp3) is 0.333. The Bertz CT molecular complexity index is 150. The summed E-state index contributed by atoms with van der Waals surface area (Å²) in [5, 5.41) is 4.36. The van der Waals surface area contributed by atoms with Crippen LogP contribution in [-0.2, 0) is 0 Å². The smallest absolute Gasteiger partial charge is 0.203 e. The first-order valence-electron chi connectivity index (χ1n) is 1.86. The summed E-state index contributed by atoms with van der Waals surface area (Å²) >= 11 is 0.927. The maximum absolute atomic E-state index is 11.5. The fourth-order valence-electron chi connectivity index (χ4n) is 0.267. The second-order valence-electron chi connectivity index (χ2n) is 1.13. The molecule has 0 aliphatic carbocycles. The van der Waals surface area contributed by atoms with Crippen LogP contribution in [0.1, 0.15) is 12.1 Å². The van der Waals surface area contributed by atoms with Crippen LogP contribution in [0.15, 0.2) is 5.38 Å². The predicted molar refractivity (Wildman–Crippen MR) is 24.9 cm³/mol. The molecule has 0 saturated carbocycles. The molecule has 1 heterocycles. The molecule has 1 rings (SSSR count). The van der Waals surface area contributed by atoms with E-state index in [1.807, 2.05) is 0 Å². The Morgan fingerprint density at radius 2 is 2.38 bits per heavy atom. The summed E-state index contributed by atoms with van der Waals surface area (Å²) in [6, 6.07) is 0. The Hall–Kier alpha value is -0.580. The molecule has 1 aromatic rings. The van der Waals surface area contributed by atoms with Crippen molar-refractivity contribution in [1.82, 2.24) is 9.59 Å².